The van der Waals surface area contributed by atoms with Crippen molar-refractivity contribution in [3.05, 3.63) is 11.6 Å². The van der Waals surface area contributed by atoms with E-state index in [0.717, 1.165) is 24.5 Å². The summed E-state index contributed by atoms with van der Waals surface area (Å²) in [5.74, 6) is 0.725. The van der Waals surface area contributed by atoms with Gasteiger partial charge >= 0.3 is 6.03 Å². The topological polar surface area (TPSA) is 67.5 Å². The molecule has 0 saturated heterocycles. The fourth-order valence-electron chi connectivity index (χ4n) is 2.94. The fraction of sp³-hybridized carbons (Fsp3) is 0.667. The molecule has 0 unspecified atom stereocenters. The molecule has 0 aliphatic heterocycles. The fourth-order valence-corrected chi connectivity index (χ4v) is 2.94. The molecule has 0 heterocycles. The van der Waals surface area contributed by atoms with Crippen LogP contribution in [0.25, 0.3) is 0 Å². The van der Waals surface area contributed by atoms with Gasteiger partial charge in [0.2, 0.25) is 0 Å². The van der Waals surface area contributed by atoms with Gasteiger partial charge in [-0.3, -0.25) is 0 Å². The molecule has 0 aromatic rings. The third-order valence-electron chi connectivity index (χ3n) is 3.79. The van der Waals surface area contributed by atoms with Gasteiger partial charge in [-0.05, 0) is 31.6 Å². The van der Waals surface area contributed by atoms with Gasteiger partial charge < -0.3 is 5.73 Å². The van der Waals surface area contributed by atoms with E-state index in [1.165, 1.54) is 18.4 Å². The summed E-state index contributed by atoms with van der Waals surface area (Å²) in [6.07, 6.45) is 6.89. The number of allylic oxidation sites excluding steroid dienone is 2. The van der Waals surface area contributed by atoms with E-state index in [-0.39, 0.29) is 5.41 Å². The molecule has 88 valence electrons. The molecule has 1 saturated carbocycles. The number of hydrogen-bond donors (Lipinski definition) is 2. The Labute approximate surface area is 96.0 Å². The maximum atomic E-state index is 10.7. The van der Waals surface area contributed by atoms with E-state index in [0.29, 0.717) is 0 Å². The van der Waals surface area contributed by atoms with Crippen molar-refractivity contribution in [2.45, 2.75) is 39.5 Å². The first-order valence-electron chi connectivity index (χ1n) is 5.85. The third-order valence-corrected chi connectivity index (χ3v) is 3.79. The van der Waals surface area contributed by atoms with Crippen molar-refractivity contribution in [1.82, 2.24) is 5.43 Å². The van der Waals surface area contributed by atoms with E-state index in [1.54, 1.807) is 0 Å². The van der Waals surface area contributed by atoms with E-state index in [2.05, 4.69) is 30.5 Å². The molecule has 1 atom stereocenters. The minimum atomic E-state index is -0.592. The Balaban J connectivity index is 2.22. The molecule has 2 rings (SSSR count). The van der Waals surface area contributed by atoms with E-state index in [4.69, 9.17) is 5.73 Å². The number of amides is 2. The van der Waals surface area contributed by atoms with Crippen molar-refractivity contribution < 1.29 is 4.79 Å². The Morgan fingerprint density at radius 1 is 1.56 bits per heavy atom. The number of rotatable bonds is 1. The van der Waals surface area contributed by atoms with Gasteiger partial charge in [0.15, 0.2) is 0 Å². The average molecular weight is 221 g/mol. The Bertz CT molecular complexity index is 368. The molecule has 0 aromatic heterocycles. The van der Waals surface area contributed by atoms with Gasteiger partial charge in [-0.2, -0.15) is 5.10 Å². The molecule has 0 aromatic carbocycles. The molecule has 3 N–H and O–H groups in total. The normalized spacial score (nSPS) is 29.8. The molecule has 0 radical (unpaired) electrons. The van der Waals surface area contributed by atoms with E-state index >= 15 is 0 Å². The molecule has 4 heteroatoms. The lowest BCUT2D eigenvalue weighted by Crippen LogP contribution is -2.37. The molecule has 16 heavy (non-hydrogen) atoms. The zero-order chi connectivity index (χ0) is 11.8. The highest BCUT2D eigenvalue weighted by Gasteiger charge is 2.39. The summed E-state index contributed by atoms with van der Waals surface area (Å²) >= 11 is 0. The largest absolute Gasteiger partial charge is 0.350 e. The second-order valence-corrected chi connectivity index (χ2v) is 5.13. The number of hydrazone groups is 1. The number of nitrogens with one attached hydrogen (secondary N) is 1. The molecule has 2 aliphatic carbocycles. The zero-order valence-corrected chi connectivity index (χ0v) is 9.92. The predicted octanol–water partition coefficient (Wildman–Crippen LogP) is 2.17. The van der Waals surface area contributed by atoms with Crippen molar-refractivity contribution in [2.75, 3.05) is 0 Å². The molecule has 2 amide bonds. The molecular weight excluding hydrogens is 202 g/mol. The predicted molar refractivity (Wildman–Crippen MR) is 64.0 cm³/mol. The smallest absolute Gasteiger partial charge is 0.332 e. The standard InChI is InChI=1S/C12H19N3O/c1-12(2)9-5-3-4-8(9)6-7-10(12)14-15-11(13)16/h5,8H,3-4,6-7H2,1-2H3,(H3,13,15,16)/b14-10+/t8-/m0/s1. The van der Waals surface area contributed by atoms with Crippen LogP contribution in [-0.4, -0.2) is 11.7 Å². The summed E-state index contributed by atoms with van der Waals surface area (Å²) in [7, 11) is 0. The van der Waals surface area contributed by atoms with Gasteiger partial charge in [-0.1, -0.05) is 25.5 Å². The van der Waals surface area contributed by atoms with E-state index < -0.39 is 6.03 Å². The van der Waals surface area contributed by atoms with Crippen molar-refractivity contribution >= 4 is 11.7 Å². The van der Waals surface area contributed by atoms with Crippen LogP contribution in [0.3, 0.4) is 0 Å². The maximum absolute atomic E-state index is 10.7. The highest BCUT2D eigenvalue weighted by atomic mass is 16.2. The summed E-state index contributed by atoms with van der Waals surface area (Å²) < 4.78 is 0. The molecule has 4 nitrogen and oxygen atoms in total. The lowest BCUT2D eigenvalue weighted by molar-refractivity contribution is 0.249. The van der Waals surface area contributed by atoms with Crippen LogP contribution < -0.4 is 11.2 Å². The van der Waals surface area contributed by atoms with Gasteiger partial charge in [0.25, 0.3) is 0 Å². The summed E-state index contributed by atoms with van der Waals surface area (Å²) in [6.45, 7) is 4.36. The Morgan fingerprint density at radius 3 is 3.00 bits per heavy atom. The number of nitrogens with two attached hydrogens (primary N) is 1. The molecular formula is C12H19N3O. The number of fused-ring (bicyclic) bond motifs is 1. The summed E-state index contributed by atoms with van der Waals surface area (Å²) in [4.78, 5) is 10.7. The second-order valence-electron chi connectivity index (χ2n) is 5.13. The van der Waals surface area contributed by atoms with E-state index in [9.17, 15) is 4.79 Å². The number of carbonyl (C=O) groups excluding carboxylic acids is 1. The number of nitrogens with zero attached hydrogens (tertiary/aromatic N) is 1. The number of urea groups is 1. The van der Waals surface area contributed by atoms with Gasteiger partial charge in [0.05, 0.1) is 0 Å². The molecule has 0 bridgehead atoms. The molecule has 0 spiro atoms. The Hall–Kier alpha value is -1.32. The quantitative estimate of drug-likeness (QED) is 0.517. The van der Waals surface area contributed by atoms with Gasteiger partial charge in [0, 0.05) is 11.1 Å². The van der Waals surface area contributed by atoms with Crippen LogP contribution >= 0.6 is 0 Å². The second kappa shape index (κ2) is 3.92. The third kappa shape index (κ3) is 1.84. The van der Waals surface area contributed by atoms with Crippen LogP contribution in [0.5, 0.6) is 0 Å². The van der Waals surface area contributed by atoms with Crippen LogP contribution in [-0.2, 0) is 0 Å². The van der Waals surface area contributed by atoms with E-state index in [1.807, 2.05) is 0 Å². The maximum Gasteiger partial charge on any atom is 0.332 e. The first-order chi connectivity index (χ1) is 7.51. The lowest BCUT2D eigenvalue weighted by atomic mass is 9.68. The number of hydrogen-bond acceptors (Lipinski definition) is 2. The highest BCUT2D eigenvalue weighted by molar-refractivity contribution is 5.94. The first-order valence-corrected chi connectivity index (χ1v) is 5.85. The lowest BCUT2D eigenvalue weighted by Gasteiger charge is -2.37. The van der Waals surface area contributed by atoms with Crippen molar-refractivity contribution in [1.29, 1.82) is 0 Å². The van der Waals surface area contributed by atoms with Crippen molar-refractivity contribution in [3.63, 3.8) is 0 Å². The Kier molecular flexibility index (Phi) is 2.74. The first kappa shape index (κ1) is 11.2. The average Bonchev–Trinajstić information content (AvgIpc) is 2.65. The molecule has 1 fully saturated rings. The van der Waals surface area contributed by atoms with Crippen LogP contribution in [0.4, 0.5) is 4.79 Å². The van der Waals surface area contributed by atoms with Crippen molar-refractivity contribution in [3.8, 4) is 0 Å². The number of carbonyl (C=O) groups is 1. The zero-order valence-electron chi connectivity index (χ0n) is 9.92. The highest BCUT2D eigenvalue weighted by Crippen LogP contribution is 2.46. The monoisotopic (exact) mass is 221 g/mol. The minimum absolute atomic E-state index is 0.0259. The summed E-state index contributed by atoms with van der Waals surface area (Å²) in [6, 6.07) is -0.592. The number of primary amides is 1. The van der Waals surface area contributed by atoms with Gasteiger partial charge in [-0.25, -0.2) is 10.2 Å². The van der Waals surface area contributed by atoms with Gasteiger partial charge in [-0.15, -0.1) is 0 Å². The van der Waals surface area contributed by atoms with Crippen LogP contribution in [0.1, 0.15) is 39.5 Å². The van der Waals surface area contributed by atoms with Gasteiger partial charge in [0.1, 0.15) is 0 Å². The Morgan fingerprint density at radius 2 is 2.31 bits per heavy atom. The van der Waals surface area contributed by atoms with Crippen LogP contribution in [0.15, 0.2) is 16.8 Å². The molecule has 2 aliphatic rings. The van der Waals surface area contributed by atoms with Crippen LogP contribution in [0.2, 0.25) is 0 Å². The summed E-state index contributed by atoms with van der Waals surface area (Å²) in [5.41, 5.74) is 9.88. The van der Waals surface area contributed by atoms with Crippen molar-refractivity contribution in [2.24, 2.45) is 22.2 Å². The minimum Gasteiger partial charge on any atom is -0.350 e. The SMILES string of the molecule is CC1(C)C2=CCC[C@H]2CC/C1=N\NC(N)=O. The summed E-state index contributed by atoms with van der Waals surface area (Å²) in [5, 5.41) is 4.15. The van der Waals surface area contributed by atoms with Crippen LogP contribution in [0, 0.1) is 11.3 Å².